The summed E-state index contributed by atoms with van der Waals surface area (Å²) < 4.78 is 0. The lowest BCUT2D eigenvalue weighted by molar-refractivity contribution is 0.0943. The van der Waals surface area contributed by atoms with Crippen molar-refractivity contribution in [3.63, 3.8) is 0 Å². The van der Waals surface area contributed by atoms with Crippen molar-refractivity contribution in [3.8, 4) is 10.6 Å². The molecular weight excluding hydrogens is 312 g/mol. The summed E-state index contributed by atoms with van der Waals surface area (Å²) in [6.07, 6.45) is 0. The summed E-state index contributed by atoms with van der Waals surface area (Å²) in [5.41, 5.74) is 2.95. The first-order valence-electron chi connectivity index (χ1n) is 7.01. The lowest BCUT2D eigenvalue weighted by Crippen LogP contribution is -2.26. The molecule has 1 N–H and O–H groups in total. The molecule has 3 rings (SSSR count). The molecule has 0 saturated heterocycles. The quantitative estimate of drug-likeness (QED) is 0.756. The summed E-state index contributed by atoms with van der Waals surface area (Å²) >= 11 is 3.08. The van der Waals surface area contributed by atoms with Crippen molar-refractivity contribution in [1.29, 1.82) is 0 Å². The van der Waals surface area contributed by atoms with Gasteiger partial charge in [-0.25, -0.2) is 4.98 Å². The van der Waals surface area contributed by atoms with Gasteiger partial charge in [-0.1, -0.05) is 30.3 Å². The summed E-state index contributed by atoms with van der Waals surface area (Å²) in [5.74, 6) is -0.0622. The standard InChI is InChI=1S/C17H16N2OS2/c1-11(13-6-4-3-5-7-13)18-16(20)15-12(2)19-17(22-15)14-8-9-21-10-14/h3-11H,1-2H3,(H,18,20)/t11-/m1/s1. The number of thiazole rings is 1. The van der Waals surface area contributed by atoms with Crippen LogP contribution in [0, 0.1) is 6.92 Å². The van der Waals surface area contributed by atoms with E-state index in [1.807, 2.05) is 61.0 Å². The molecule has 1 atom stereocenters. The van der Waals surface area contributed by atoms with E-state index < -0.39 is 0 Å². The van der Waals surface area contributed by atoms with Gasteiger partial charge in [0.15, 0.2) is 0 Å². The summed E-state index contributed by atoms with van der Waals surface area (Å²) in [4.78, 5) is 17.7. The van der Waals surface area contributed by atoms with Gasteiger partial charge in [0.2, 0.25) is 0 Å². The molecule has 0 aliphatic heterocycles. The van der Waals surface area contributed by atoms with E-state index >= 15 is 0 Å². The first-order valence-corrected chi connectivity index (χ1v) is 8.77. The third-order valence-corrected chi connectivity index (χ3v) is 5.31. The van der Waals surface area contributed by atoms with Crippen molar-refractivity contribution >= 4 is 28.6 Å². The average molecular weight is 328 g/mol. The SMILES string of the molecule is Cc1nc(-c2ccsc2)sc1C(=O)N[C@H](C)c1ccccc1. The Hall–Kier alpha value is -1.98. The highest BCUT2D eigenvalue weighted by Gasteiger charge is 2.18. The van der Waals surface area contributed by atoms with Gasteiger partial charge < -0.3 is 5.32 Å². The number of nitrogens with zero attached hydrogens (tertiary/aromatic N) is 1. The van der Waals surface area contributed by atoms with Crippen molar-refractivity contribution in [2.24, 2.45) is 0 Å². The Morgan fingerprint density at radius 2 is 2.00 bits per heavy atom. The molecule has 0 unspecified atom stereocenters. The Morgan fingerprint density at radius 3 is 2.68 bits per heavy atom. The van der Waals surface area contributed by atoms with E-state index in [0.29, 0.717) is 4.88 Å². The number of thiophene rings is 1. The normalized spacial score (nSPS) is 12.1. The van der Waals surface area contributed by atoms with Gasteiger partial charge >= 0.3 is 0 Å². The monoisotopic (exact) mass is 328 g/mol. The third kappa shape index (κ3) is 3.10. The molecule has 0 spiro atoms. The fourth-order valence-electron chi connectivity index (χ4n) is 2.20. The van der Waals surface area contributed by atoms with Gasteiger partial charge in [-0.2, -0.15) is 11.3 Å². The van der Waals surface area contributed by atoms with Crippen LogP contribution in [0.15, 0.2) is 47.2 Å². The van der Waals surface area contributed by atoms with Gasteiger partial charge in [0, 0.05) is 10.9 Å². The highest BCUT2D eigenvalue weighted by Crippen LogP contribution is 2.29. The maximum absolute atomic E-state index is 12.5. The van der Waals surface area contributed by atoms with E-state index in [9.17, 15) is 4.79 Å². The van der Waals surface area contributed by atoms with E-state index in [-0.39, 0.29) is 11.9 Å². The van der Waals surface area contributed by atoms with Crippen molar-refractivity contribution in [2.45, 2.75) is 19.9 Å². The molecule has 0 aliphatic carbocycles. The number of benzene rings is 1. The molecule has 0 fully saturated rings. The Kier molecular flexibility index (Phi) is 4.36. The van der Waals surface area contributed by atoms with Gasteiger partial charge in [0.1, 0.15) is 9.88 Å². The van der Waals surface area contributed by atoms with Crippen molar-refractivity contribution in [3.05, 3.63) is 63.3 Å². The van der Waals surface area contributed by atoms with Crippen LogP contribution in [0.1, 0.15) is 33.9 Å². The molecule has 3 nitrogen and oxygen atoms in total. The maximum atomic E-state index is 12.5. The summed E-state index contributed by atoms with van der Waals surface area (Å²) in [7, 11) is 0. The summed E-state index contributed by atoms with van der Waals surface area (Å²) in [5, 5.41) is 8.01. The number of carbonyl (C=O) groups excluding carboxylic acids is 1. The average Bonchev–Trinajstić information content (AvgIpc) is 3.17. The topological polar surface area (TPSA) is 42.0 Å². The fourth-order valence-corrected chi connectivity index (χ4v) is 3.88. The zero-order valence-corrected chi connectivity index (χ0v) is 14.0. The van der Waals surface area contributed by atoms with Crippen LogP contribution in [0.5, 0.6) is 0 Å². The third-order valence-electron chi connectivity index (χ3n) is 3.42. The molecule has 1 aromatic carbocycles. The second kappa shape index (κ2) is 6.42. The minimum absolute atomic E-state index is 0.0280. The first kappa shape index (κ1) is 14.9. The van der Waals surface area contributed by atoms with E-state index in [1.54, 1.807) is 11.3 Å². The van der Waals surface area contributed by atoms with E-state index in [1.165, 1.54) is 11.3 Å². The molecule has 3 aromatic rings. The van der Waals surface area contributed by atoms with E-state index in [4.69, 9.17) is 0 Å². The van der Waals surface area contributed by atoms with E-state index in [0.717, 1.165) is 21.8 Å². The Bertz CT molecular complexity index is 763. The fraction of sp³-hybridized carbons (Fsp3) is 0.176. The molecule has 0 saturated carbocycles. The molecule has 1 amide bonds. The molecule has 0 aliphatic rings. The highest BCUT2D eigenvalue weighted by atomic mass is 32.1. The number of aromatic nitrogens is 1. The zero-order valence-electron chi connectivity index (χ0n) is 12.4. The molecule has 2 aromatic heterocycles. The second-order valence-electron chi connectivity index (χ2n) is 5.05. The van der Waals surface area contributed by atoms with Gasteiger partial charge in [-0.05, 0) is 30.9 Å². The maximum Gasteiger partial charge on any atom is 0.263 e. The van der Waals surface area contributed by atoms with Crippen LogP contribution in [0.4, 0.5) is 0 Å². The van der Waals surface area contributed by atoms with Crippen LogP contribution in [0.25, 0.3) is 10.6 Å². The van der Waals surface area contributed by atoms with Crippen molar-refractivity contribution in [2.75, 3.05) is 0 Å². The lowest BCUT2D eigenvalue weighted by atomic mass is 10.1. The Labute approximate surface area is 137 Å². The smallest absolute Gasteiger partial charge is 0.263 e. The van der Waals surface area contributed by atoms with Crippen LogP contribution in [-0.4, -0.2) is 10.9 Å². The lowest BCUT2D eigenvalue weighted by Gasteiger charge is -2.13. The van der Waals surface area contributed by atoms with Crippen molar-refractivity contribution in [1.82, 2.24) is 10.3 Å². The molecule has 112 valence electrons. The van der Waals surface area contributed by atoms with Crippen LogP contribution in [-0.2, 0) is 0 Å². The molecule has 5 heteroatoms. The van der Waals surface area contributed by atoms with Gasteiger partial charge in [-0.15, -0.1) is 11.3 Å². The highest BCUT2D eigenvalue weighted by molar-refractivity contribution is 7.17. The molecular formula is C17H16N2OS2. The minimum atomic E-state index is -0.0622. The largest absolute Gasteiger partial charge is 0.345 e. The molecule has 0 bridgehead atoms. The number of amides is 1. The number of hydrogen-bond donors (Lipinski definition) is 1. The van der Waals surface area contributed by atoms with Crippen LogP contribution in [0.2, 0.25) is 0 Å². The molecule has 22 heavy (non-hydrogen) atoms. The predicted octanol–water partition coefficient (Wildman–Crippen LogP) is 4.67. The Balaban J connectivity index is 1.78. The predicted molar refractivity (Wildman–Crippen MR) is 92.5 cm³/mol. The summed E-state index contributed by atoms with van der Waals surface area (Å²) in [6.45, 7) is 3.87. The Morgan fingerprint density at radius 1 is 1.23 bits per heavy atom. The number of rotatable bonds is 4. The minimum Gasteiger partial charge on any atom is -0.345 e. The number of hydrogen-bond acceptors (Lipinski definition) is 4. The number of nitrogens with one attached hydrogen (secondary N) is 1. The van der Waals surface area contributed by atoms with E-state index in [2.05, 4.69) is 10.3 Å². The van der Waals surface area contributed by atoms with Crippen LogP contribution < -0.4 is 5.32 Å². The zero-order chi connectivity index (χ0) is 15.5. The van der Waals surface area contributed by atoms with Gasteiger partial charge in [0.05, 0.1) is 11.7 Å². The number of carbonyl (C=O) groups is 1. The van der Waals surface area contributed by atoms with Crippen LogP contribution in [0.3, 0.4) is 0 Å². The summed E-state index contributed by atoms with van der Waals surface area (Å²) in [6, 6.07) is 12.0. The molecule has 0 radical (unpaired) electrons. The van der Waals surface area contributed by atoms with Gasteiger partial charge in [-0.3, -0.25) is 4.79 Å². The van der Waals surface area contributed by atoms with Crippen LogP contribution >= 0.6 is 22.7 Å². The second-order valence-corrected chi connectivity index (χ2v) is 6.83. The van der Waals surface area contributed by atoms with Crippen molar-refractivity contribution < 1.29 is 4.79 Å². The van der Waals surface area contributed by atoms with Gasteiger partial charge in [0.25, 0.3) is 5.91 Å². The number of aryl methyl sites for hydroxylation is 1. The first-order chi connectivity index (χ1) is 10.6. The molecule has 2 heterocycles.